The number of halogens is 2. The molecule has 6 rings (SSSR count). The predicted molar refractivity (Wildman–Crippen MR) is 217 cm³/mol. The Bertz CT molecular complexity index is 1700. The summed E-state index contributed by atoms with van der Waals surface area (Å²) in [6.07, 6.45) is 0. The van der Waals surface area contributed by atoms with Crippen LogP contribution in [0.2, 0.25) is 13.1 Å². The van der Waals surface area contributed by atoms with Gasteiger partial charge < -0.3 is 0 Å². The maximum absolute atomic E-state index is 4.93. The van der Waals surface area contributed by atoms with Crippen LogP contribution in [0, 0.1) is 13.8 Å². The van der Waals surface area contributed by atoms with E-state index >= 15 is 0 Å². The van der Waals surface area contributed by atoms with Gasteiger partial charge in [0, 0.05) is 24.0 Å². The molecule has 0 aliphatic heterocycles. The Balaban J connectivity index is 0.000000214. The molecule has 6 heteroatoms. The van der Waals surface area contributed by atoms with Crippen LogP contribution in [0.3, 0.4) is 0 Å². The van der Waals surface area contributed by atoms with Gasteiger partial charge in [-0.3, -0.25) is 0 Å². The molecule has 0 aliphatic carbocycles. The molecule has 0 unspecified atom stereocenters. The Morgan fingerprint density at radius 2 is 0.870 bits per heavy atom. The fourth-order valence-corrected chi connectivity index (χ4v) is 7.57. The third kappa shape index (κ3) is 10.8. The third-order valence-corrected chi connectivity index (χ3v) is 11.3. The first kappa shape index (κ1) is 39.1. The van der Waals surface area contributed by atoms with Gasteiger partial charge in [-0.25, -0.2) is 0 Å². The van der Waals surface area contributed by atoms with E-state index in [1.165, 1.54) is 65.5 Å². The second-order valence-corrected chi connectivity index (χ2v) is 27.2. The molecule has 0 spiro atoms. The van der Waals surface area contributed by atoms with Gasteiger partial charge in [-0.15, -0.1) is 69.1 Å². The monoisotopic (exact) mass is 778 g/mol. The Hall–Kier alpha value is -1.36. The quantitative estimate of drug-likeness (QED) is 0.0950. The maximum atomic E-state index is 4.93. The first-order valence-corrected chi connectivity index (χ1v) is 30.0. The van der Waals surface area contributed by atoms with Crippen LogP contribution >= 0.6 is 31.6 Å². The molecular weight excluding hydrogens is 733 g/mol. The molecule has 6 aromatic carbocycles. The number of rotatable bonds is 4. The summed E-state index contributed by atoms with van der Waals surface area (Å²) in [5, 5.41) is 8.42. The van der Waals surface area contributed by atoms with Crippen molar-refractivity contribution in [3.05, 3.63) is 120 Å². The standard InChI is InChI=1S/2C19H21P.C2H6Si.2ClH.Zr/c2*1-14-11-15-8-6-10-18(19(15)12-14)16-7-5-9-17(13-16)20(2,3)4;1-3-2;;;/h2*5-13H,1-4H3;1-2H3;2*1H;/q;;;;;+4/p-2. The van der Waals surface area contributed by atoms with Gasteiger partial charge in [0.05, 0.1) is 50.6 Å². The molecule has 0 saturated heterocycles. The molecule has 238 valence electrons. The van der Waals surface area contributed by atoms with Gasteiger partial charge in [0.2, 0.25) is 0 Å². The van der Waals surface area contributed by atoms with E-state index in [2.05, 4.69) is 176 Å². The van der Waals surface area contributed by atoms with Crippen LogP contribution in [-0.4, -0.2) is 49.5 Å². The predicted octanol–water partition coefficient (Wildman–Crippen LogP) is 12.3. The summed E-state index contributed by atoms with van der Waals surface area (Å²) < 4.78 is 0. The zero-order valence-electron chi connectivity index (χ0n) is 29.0. The molecule has 0 aromatic heterocycles. The molecule has 0 bridgehead atoms. The molecule has 0 saturated carbocycles. The second-order valence-electron chi connectivity index (χ2n) is 13.4. The molecule has 0 nitrogen and oxygen atoms in total. The van der Waals surface area contributed by atoms with E-state index < -0.39 is 35.4 Å². The second kappa shape index (κ2) is 17.9. The van der Waals surface area contributed by atoms with Gasteiger partial charge in [0.25, 0.3) is 0 Å². The van der Waals surface area contributed by atoms with E-state index in [4.69, 9.17) is 17.0 Å². The van der Waals surface area contributed by atoms with Gasteiger partial charge >= 0.3 is 37.9 Å². The van der Waals surface area contributed by atoms with Crippen molar-refractivity contribution < 1.29 is 20.8 Å². The van der Waals surface area contributed by atoms with Gasteiger partial charge in [-0.05, 0) is 35.4 Å². The van der Waals surface area contributed by atoms with Crippen LogP contribution in [0.15, 0.2) is 109 Å². The number of fused-ring (bicyclic) bond motifs is 2. The van der Waals surface area contributed by atoms with Crippen molar-refractivity contribution in [2.24, 2.45) is 0 Å². The summed E-state index contributed by atoms with van der Waals surface area (Å²) in [4.78, 5) is 0. The Morgan fingerprint density at radius 1 is 0.543 bits per heavy atom. The summed E-state index contributed by atoms with van der Waals surface area (Å²) in [5.74, 6) is 0. The molecule has 0 heterocycles. The van der Waals surface area contributed by atoms with E-state index in [-0.39, 0.29) is 0 Å². The molecular formula is C40H48Cl2P2SiZr+2. The van der Waals surface area contributed by atoms with Crippen LogP contribution in [0.25, 0.3) is 43.8 Å². The van der Waals surface area contributed by atoms with E-state index in [1.807, 2.05) is 0 Å². The molecule has 0 N–H and O–H groups in total. The molecule has 46 heavy (non-hydrogen) atoms. The summed E-state index contributed by atoms with van der Waals surface area (Å²) in [6, 6.07) is 40.5. The summed E-state index contributed by atoms with van der Waals surface area (Å²) in [5.41, 5.74) is 8.07. The van der Waals surface area contributed by atoms with Gasteiger partial charge in [0.15, 0.2) is 0 Å². The third-order valence-electron chi connectivity index (χ3n) is 7.65. The fraction of sp³-hybridized carbons (Fsp3) is 0.250. The van der Waals surface area contributed by atoms with Crippen LogP contribution in [-0.2, 0) is 20.8 Å². The van der Waals surface area contributed by atoms with Gasteiger partial charge in [0.1, 0.15) is 0 Å². The average molecular weight is 781 g/mol. The van der Waals surface area contributed by atoms with Crippen molar-refractivity contribution in [2.45, 2.75) is 26.9 Å². The number of aryl methyl sites for hydroxylation is 2. The van der Waals surface area contributed by atoms with Crippen molar-refractivity contribution in [2.75, 3.05) is 40.0 Å². The SMILES string of the molecule is C[Si]C.Cc1cc2c(-c3cccc([P+](C)(C)C)c3)cccc2[cH-]1.Cc1cc2c(-c3cccc([P+](C)(C)C)c3)cccc2[cH-]1.[Cl][Zr+2][Cl]. The minimum absolute atomic E-state index is 0.826. The molecule has 0 amide bonds. The number of benzene rings is 4. The van der Waals surface area contributed by atoms with Crippen LogP contribution < -0.4 is 10.6 Å². The van der Waals surface area contributed by atoms with Crippen LogP contribution in [0.4, 0.5) is 0 Å². The molecule has 0 atom stereocenters. The first-order valence-electron chi connectivity index (χ1n) is 15.4. The van der Waals surface area contributed by atoms with E-state index in [9.17, 15) is 0 Å². The summed E-state index contributed by atoms with van der Waals surface area (Å²) >= 11 is -0.826. The van der Waals surface area contributed by atoms with Crippen molar-refractivity contribution in [1.82, 2.24) is 0 Å². The zero-order chi connectivity index (χ0) is 34.1. The Kier molecular flexibility index (Phi) is 15.2. The van der Waals surface area contributed by atoms with Crippen LogP contribution in [0.1, 0.15) is 11.1 Å². The van der Waals surface area contributed by atoms with E-state index in [1.54, 1.807) is 0 Å². The molecule has 0 aliphatic rings. The van der Waals surface area contributed by atoms with Gasteiger partial charge in [-0.2, -0.15) is 12.1 Å². The van der Waals surface area contributed by atoms with Crippen molar-refractivity contribution in [3.63, 3.8) is 0 Å². The fourth-order valence-electron chi connectivity index (χ4n) is 5.45. The van der Waals surface area contributed by atoms with Crippen molar-refractivity contribution >= 4 is 73.2 Å². The first-order chi connectivity index (χ1) is 21.7. The van der Waals surface area contributed by atoms with E-state index in [0.717, 1.165) is 9.52 Å². The van der Waals surface area contributed by atoms with Crippen LogP contribution in [0.5, 0.6) is 0 Å². The van der Waals surface area contributed by atoms with Crippen molar-refractivity contribution in [1.29, 1.82) is 0 Å². The average Bonchev–Trinajstić information content (AvgIpc) is 3.58. The van der Waals surface area contributed by atoms with Crippen molar-refractivity contribution in [3.8, 4) is 22.3 Å². The topological polar surface area (TPSA) is 0 Å². The molecule has 0 fully saturated rings. The number of hydrogen-bond acceptors (Lipinski definition) is 0. The van der Waals surface area contributed by atoms with E-state index in [0.29, 0.717) is 0 Å². The molecule has 2 radical (unpaired) electrons. The summed E-state index contributed by atoms with van der Waals surface area (Å²) in [6.45, 7) is 22.9. The normalized spacial score (nSPS) is 11.0. The molecule has 6 aromatic rings. The summed E-state index contributed by atoms with van der Waals surface area (Å²) in [7, 11) is 9.01. The minimum atomic E-state index is -0.971. The Labute approximate surface area is 301 Å². The van der Waals surface area contributed by atoms with Gasteiger partial charge in [-0.1, -0.05) is 74.5 Å². The zero-order valence-corrected chi connectivity index (χ0v) is 35.8. The number of hydrogen-bond donors (Lipinski definition) is 0. The Morgan fingerprint density at radius 3 is 1.20 bits per heavy atom.